The minimum absolute atomic E-state index is 0.284. The van der Waals surface area contributed by atoms with Crippen molar-refractivity contribution in [3.05, 3.63) is 112 Å². The molecule has 0 radical (unpaired) electrons. The van der Waals surface area contributed by atoms with Gasteiger partial charge in [-0.3, -0.25) is 9.78 Å². The number of pyridine rings is 1. The second kappa shape index (κ2) is 10.9. The van der Waals surface area contributed by atoms with Crippen LogP contribution in [0.5, 0.6) is 0 Å². The standard InChI is InChI=1S/C29H29FN2O5/c1-18-23(11-20-12-26(34-2)29(36-4,37-5)27(13-20)35-3)22-9-8-21(30)14-25(22)24(18)15-28(33)32-17-19-7-6-10-31-16-19/h6-16H,17H2,1-5H3,(H,32,33). The molecule has 0 fully saturated rings. The molecule has 0 aliphatic heterocycles. The van der Waals surface area contributed by atoms with Gasteiger partial charge in [-0.1, -0.05) is 12.1 Å². The lowest BCUT2D eigenvalue weighted by molar-refractivity contribution is -0.195. The van der Waals surface area contributed by atoms with E-state index in [-0.39, 0.29) is 11.7 Å². The lowest BCUT2D eigenvalue weighted by Gasteiger charge is -2.35. The fraction of sp³-hybridized carbons (Fsp3) is 0.241. The van der Waals surface area contributed by atoms with Crippen molar-refractivity contribution >= 4 is 17.1 Å². The molecule has 37 heavy (non-hydrogen) atoms. The van der Waals surface area contributed by atoms with Gasteiger partial charge in [0.1, 0.15) is 5.82 Å². The number of benzene rings is 1. The van der Waals surface area contributed by atoms with Crippen LogP contribution < -0.4 is 5.32 Å². The van der Waals surface area contributed by atoms with Crippen LogP contribution in [0.4, 0.5) is 4.39 Å². The van der Waals surface area contributed by atoms with Crippen LogP contribution in [0.2, 0.25) is 0 Å². The first-order valence-electron chi connectivity index (χ1n) is 11.6. The molecule has 0 atom stereocenters. The van der Waals surface area contributed by atoms with Crippen LogP contribution in [0.1, 0.15) is 23.6 Å². The number of halogens is 1. The highest BCUT2D eigenvalue weighted by Gasteiger charge is 2.44. The summed E-state index contributed by atoms with van der Waals surface area (Å²) in [6.45, 7) is 2.24. The number of hydrogen-bond donors (Lipinski definition) is 1. The molecule has 0 spiro atoms. The van der Waals surface area contributed by atoms with Crippen LogP contribution in [0.25, 0.3) is 11.1 Å². The summed E-state index contributed by atoms with van der Waals surface area (Å²) < 4.78 is 36.6. The van der Waals surface area contributed by atoms with Gasteiger partial charge in [-0.25, -0.2) is 4.39 Å². The van der Waals surface area contributed by atoms with Gasteiger partial charge >= 0.3 is 0 Å². The van der Waals surface area contributed by atoms with Crippen molar-refractivity contribution in [1.82, 2.24) is 10.3 Å². The lowest BCUT2D eigenvalue weighted by atomic mass is 9.96. The topological polar surface area (TPSA) is 78.9 Å². The molecule has 2 aliphatic carbocycles. The number of ether oxygens (including phenoxy) is 4. The molecule has 0 bridgehead atoms. The molecule has 192 valence electrons. The molecule has 1 aromatic heterocycles. The van der Waals surface area contributed by atoms with E-state index in [1.165, 1.54) is 46.6 Å². The van der Waals surface area contributed by atoms with Crippen LogP contribution in [-0.2, 0) is 30.3 Å². The first kappa shape index (κ1) is 26.1. The van der Waals surface area contributed by atoms with Crippen molar-refractivity contribution in [1.29, 1.82) is 0 Å². The smallest absolute Gasteiger partial charge is 0.287 e. The van der Waals surface area contributed by atoms with Gasteiger partial charge in [0.25, 0.3) is 5.79 Å². The number of nitrogens with zero attached hydrogens (tertiary/aromatic N) is 1. The zero-order valence-electron chi connectivity index (χ0n) is 21.4. The van der Waals surface area contributed by atoms with Gasteiger partial charge in [-0.15, -0.1) is 0 Å². The molecule has 8 heteroatoms. The van der Waals surface area contributed by atoms with E-state index in [0.717, 1.165) is 27.8 Å². The van der Waals surface area contributed by atoms with E-state index in [0.29, 0.717) is 29.2 Å². The quantitative estimate of drug-likeness (QED) is 0.415. The average molecular weight is 505 g/mol. The highest BCUT2D eigenvalue weighted by molar-refractivity contribution is 6.08. The number of amides is 1. The number of carbonyl (C=O) groups is 1. The minimum Gasteiger partial charge on any atom is -0.495 e. The fourth-order valence-electron chi connectivity index (χ4n) is 4.55. The Morgan fingerprint density at radius 2 is 1.76 bits per heavy atom. The Morgan fingerprint density at radius 1 is 1.05 bits per heavy atom. The molecule has 4 rings (SSSR count). The Balaban J connectivity index is 1.74. The molecule has 0 saturated heterocycles. The summed E-state index contributed by atoms with van der Waals surface area (Å²) in [7, 11) is 6.06. The van der Waals surface area contributed by atoms with Gasteiger partial charge in [0.15, 0.2) is 11.5 Å². The summed E-state index contributed by atoms with van der Waals surface area (Å²) in [4.78, 5) is 16.9. The molecular weight excluding hydrogens is 475 g/mol. The number of methoxy groups -OCH3 is 4. The van der Waals surface area contributed by atoms with Crippen LogP contribution in [0.3, 0.4) is 0 Å². The fourth-order valence-corrected chi connectivity index (χ4v) is 4.55. The first-order chi connectivity index (χ1) is 17.9. The van der Waals surface area contributed by atoms with Crippen LogP contribution >= 0.6 is 0 Å². The van der Waals surface area contributed by atoms with E-state index < -0.39 is 5.79 Å². The molecule has 0 unspecified atom stereocenters. The molecule has 1 amide bonds. The number of aromatic nitrogens is 1. The van der Waals surface area contributed by atoms with Gasteiger partial charge in [0.2, 0.25) is 5.91 Å². The van der Waals surface area contributed by atoms with Crippen molar-refractivity contribution in [3.8, 4) is 0 Å². The number of fused-ring (bicyclic) bond motifs is 1. The van der Waals surface area contributed by atoms with Crippen molar-refractivity contribution < 1.29 is 28.1 Å². The second-order valence-electron chi connectivity index (χ2n) is 8.46. The summed E-state index contributed by atoms with van der Waals surface area (Å²) in [5.74, 6) is -1.16. The summed E-state index contributed by atoms with van der Waals surface area (Å²) >= 11 is 0. The Bertz CT molecular complexity index is 1330. The Morgan fingerprint density at radius 3 is 2.35 bits per heavy atom. The molecule has 1 heterocycles. The molecule has 2 aliphatic rings. The van der Waals surface area contributed by atoms with Crippen molar-refractivity contribution in [2.75, 3.05) is 28.4 Å². The van der Waals surface area contributed by atoms with Crippen molar-refractivity contribution in [2.45, 2.75) is 19.3 Å². The molecule has 0 saturated carbocycles. The maximum Gasteiger partial charge on any atom is 0.287 e. The second-order valence-corrected chi connectivity index (χ2v) is 8.46. The molecule has 7 nitrogen and oxygen atoms in total. The highest BCUT2D eigenvalue weighted by Crippen LogP contribution is 2.44. The number of carbonyl (C=O) groups excluding carboxylic acids is 1. The molecule has 1 aromatic carbocycles. The van der Waals surface area contributed by atoms with E-state index in [1.54, 1.807) is 30.6 Å². The summed E-state index contributed by atoms with van der Waals surface area (Å²) in [6, 6.07) is 8.26. The number of rotatable bonds is 8. The van der Waals surface area contributed by atoms with E-state index in [9.17, 15) is 9.18 Å². The van der Waals surface area contributed by atoms with E-state index in [4.69, 9.17) is 18.9 Å². The minimum atomic E-state index is -1.31. The summed E-state index contributed by atoms with van der Waals surface area (Å²) in [5, 5.41) is 2.87. The average Bonchev–Trinajstić information content (AvgIpc) is 3.16. The third-order valence-corrected chi connectivity index (χ3v) is 6.40. The lowest BCUT2D eigenvalue weighted by Crippen LogP contribution is -2.41. The maximum atomic E-state index is 14.3. The summed E-state index contributed by atoms with van der Waals surface area (Å²) in [6.07, 6.45) is 10.4. The van der Waals surface area contributed by atoms with Crippen molar-refractivity contribution in [2.24, 2.45) is 0 Å². The molecule has 1 N–H and O–H groups in total. The van der Waals surface area contributed by atoms with Gasteiger partial charge in [-0.05, 0) is 82.3 Å². The van der Waals surface area contributed by atoms with E-state index >= 15 is 0 Å². The van der Waals surface area contributed by atoms with E-state index in [2.05, 4.69) is 10.3 Å². The van der Waals surface area contributed by atoms with Crippen LogP contribution in [-0.4, -0.2) is 45.1 Å². The Kier molecular flexibility index (Phi) is 7.71. The number of nitrogens with one attached hydrogen (secondary N) is 1. The third kappa shape index (κ3) is 4.98. The zero-order valence-corrected chi connectivity index (χ0v) is 21.4. The Hall–Kier alpha value is -4.01. The van der Waals surface area contributed by atoms with Gasteiger partial charge in [0, 0.05) is 39.2 Å². The van der Waals surface area contributed by atoms with Gasteiger partial charge < -0.3 is 24.3 Å². The van der Waals surface area contributed by atoms with Crippen LogP contribution in [0.15, 0.2) is 89.7 Å². The molecule has 2 aromatic rings. The SMILES string of the molecule is COC1=CC(=CC2=C(C)C(=CC(=O)NCc3cccnc3)c3cc(F)ccc32)C=C(OC)C1(OC)OC. The van der Waals surface area contributed by atoms with Gasteiger partial charge in [-0.2, -0.15) is 0 Å². The Labute approximate surface area is 215 Å². The number of allylic oxidation sites excluding steroid dienone is 7. The normalized spacial score (nSPS) is 17.2. The number of hydrogen-bond acceptors (Lipinski definition) is 6. The first-order valence-corrected chi connectivity index (χ1v) is 11.6. The largest absolute Gasteiger partial charge is 0.495 e. The zero-order chi connectivity index (χ0) is 26.6. The summed E-state index contributed by atoms with van der Waals surface area (Å²) in [5.41, 5.74) is 5.42. The monoisotopic (exact) mass is 504 g/mol. The maximum absolute atomic E-state index is 14.3. The van der Waals surface area contributed by atoms with Crippen LogP contribution in [0, 0.1) is 5.82 Å². The predicted octanol–water partition coefficient (Wildman–Crippen LogP) is 4.70. The predicted molar refractivity (Wildman–Crippen MR) is 138 cm³/mol. The highest BCUT2D eigenvalue weighted by atomic mass is 19.1. The molecular formula is C29H29FN2O5. The van der Waals surface area contributed by atoms with Crippen molar-refractivity contribution in [3.63, 3.8) is 0 Å². The third-order valence-electron chi connectivity index (χ3n) is 6.40. The van der Waals surface area contributed by atoms with E-state index in [1.807, 2.05) is 25.1 Å². The van der Waals surface area contributed by atoms with Gasteiger partial charge in [0.05, 0.1) is 14.2 Å².